The zero-order valence-electron chi connectivity index (χ0n) is 14.9. The van der Waals surface area contributed by atoms with Crippen LogP contribution in [0.4, 0.5) is 13.2 Å². The van der Waals surface area contributed by atoms with Crippen LogP contribution in [0, 0.1) is 0 Å². The number of alkyl halides is 3. The average Bonchev–Trinajstić information content (AvgIpc) is 3.31. The van der Waals surface area contributed by atoms with Crippen LogP contribution < -0.4 is 15.0 Å². The third-order valence-corrected chi connectivity index (χ3v) is 3.88. The molecule has 1 N–H and O–H groups in total. The molecule has 1 aliphatic heterocycles. The van der Waals surface area contributed by atoms with E-state index in [1.165, 1.54) is 29.1 Å². The molecule has 0 aliphatic carbocycles. The number of nitrogens with one attached hydrogen (secondary N) is 1. The molecule has 0 spiro atoms. The molecule has 0 amide bonds. The Morgan fingerprint density at radius 2 is 1.72 bits per heavy atom. The molecule has 11 heteroatoms. The topological polar surface area (TPSA) is 83.3 Å². The summed E-state index contributed by atoms with van der Waals surface area (Å²) < 4.78 is 46.2. The molecule has 4 rings (SSSR count). The summed E-state index contributed by atoms with van der Waals surface area (Å²) >= 11 is 0. The molecule has 3 aromatic rings. The Labute approximate surface area is 162 Å². The first-order valence-electron chi connectivity index (χ1n) is 8.37. The van der Waals surface area contributed by atoms with Crippen LogP contribution in [0.3, 0.4) is 0 Å². The molecule has 1 atom stereocenters. The Hall–Kier alpha value is -3.60. The zero-order chi connectivity index (χ0) is 20.4. The largest absolute Gasteiger partial charge is 0.573 e. The quantitative estimate of drug-likeness (QED) is 0.698. The van der Waals surface area contributed by atoms with E-state index >= 15 is 0 Å². The molecule has 0 radical (unpaired) electrons. The molecule has 1 aliphatic rings. The van der Waals surface area contributed by atoms with Crippen LogP contribution in [0.2, 0.25) is 0 Å². The van der Waals surface area contributed by atoms with Crippen molar-refractivity contribution in [2.75, 3.05) is 0 Å². The molecule has 0 saturated carbocycles. The summed E-state index contributed by atoms with van der Waals surface area (Å²) in [5, 5.41) is 11.8. The van der Waals surface area contributed by atoms with Gasteiger partial charge in [0.05, 0.1) is 7.05 Å². The van der Waals surface area contributed by atoms with Crippen LogP contribution in [-0.4, -0.2) is 26.6 Å². The van der Waals surface area contributed by atoms with Crippen molar-refractivity contribution in [3.8, 4) is 22.9 Å². The highest BCUT2D eigenvalue weighted by Gasteiger charge is 2.31. The van der Waals surface area contributed by atoms with Crippen molar-refractivity contribution in [1.29, 1.82) is 0 Å². The number of aromatic nitrogens is 4. The molecular formula is C18H14F3N5O3. The average molecular weight is 405 g/mol. The maximum atomic E-state index is 12.2. The highest BCUT2D eigenvalue weighted by molar-refractivity contribution is 5.55. The second kappa shape index (κ2) is 7.43. The lowest BCUT2D eigenvalue weighted by molar-refractivity contribution is -0.274. The fourth-order valence-electron chi connectivity index (χ4n) is 2.60. The molecule has 0 saturated heterocycles. The predicted octanol–water partition coefficient (Wildman–Crippen LogP) is 3.27. The van der Waals surface area contributed by atoms with Gasteiger partial charge in [0, 0.05) is 11.6 Å². The smallest absolute Gasteiger partial charge is 0.439 e. The zero-order valence-corrected chi connectivity index (χ0v) is 14.9. The molecule has 0 bridgehead atoms. The van der Waals surface area contributed by atoms with E-state index in [9.17, 15) is 13.2 Å². The Balaban J connectivity index is 1.40. The van der Waals surface area contributed by atoms with E-state index < -0.39 is 12.5 Å². The van der Waals surface area contributed by atoms with Gasteiger partial charge in [-0.25, -0.2) is 5.48 Å². The van der Waals surface area contributed by atoms with Gasteiger partial charge >= 0.3 is 6.36 Å². The Kier molecular flexibility index (Phi) is 4.80. The summed E-state index contributed by atoms with van der Waals surface area (Å²) in [4.78, 5) is 6.77. The minimum absolute atomic E-state index is 0.301. The number of aryl methyl sites for hydroxylation is 1. The van der Waals surface area contributed by atoms with Crippen LogP contribution in [0.25, 0.3) is 11.4 Å². The molecule has 2 aromatic carbocycles. The van der Waals surface area contributed by atoms with Gasteiger partial charge in [-0.1, -0.05) is 12.1 Å². The third-order valence-electron chi connectivity index (χ3n) is 3.88. The van der Waals surface area contributed by atoms with Crippen LogP contribution >= 0.6 is 0 Å². The molecule has 0 fully saturated rings. The Morgan fingerprint density at radius 1 is 1.03 bits per heavy atom. The van der Waals surface area contributed by atoms with Crippen LogP contribution in [0.5, 0.6) is 11.5 Å². The molecule has 8 nitrogen and oxygen atoms in total. The summed E-state index contributed by atoms with van der Waals surface area (Å²) in [7, 11) is 1.68. The SMILES string of the molecule is Cn1nnc(-c2ccc(OC3=CC(c4ccc(OC(F)(F)F)cc4)ON3)cc2)n1. The summed E-state index contributed by atoms with van der Waals surface area (Å²) in [5.74, 6) is 1.11. The molecule has 150 valence electrons. The van der Waals surface area contributed by atoms with Gasteiger partial charge in [-0.2, -0.15) is 4.80 Å². The maximum absolute atomic E-state index is 12.2. The first kappa shape index (κ1) is 18.7. The van der Waals surface area contributed by atoms with E-state index in [0.717, 1.165) is 5.56 Å². The van der Waals surface area contributed by atoms with Crippen molar-refractivity contribution in [1.82, 2.24) is 25.7 Å². The van der Waals surface area contributed by atoms with E-state index in [-0.39, 0.29) is 5.75 Å². The lowest BCUT2D eigenvalue weighted by Crippen LogP contribution is -2.17. The number of hydroxylamine groups is 1. The maximum Gasteiger partial charge on any atom is 0.573 e. The number of hydrogen-bond acceptors (Lipinski definition) is 7. The minimum Gasteiger partial charge on any atom is -0.439 e. The number of nitrogens with zero attached hydrogens (tertiary/aromatic N) is 4. The number of benzene rings is 2. The summed E-state index contributed by atoms with van der Waals surface area (Å²) in [5.41, 5.74) is 4.07. The monoisotopic (exact) mass is 405 g/mol. The Bertz CT molecular complexity index is 1020. The highest BCUT2D eigenvalue weighted by atomic mass is 19.4. The second-order valence-electron chi connectivity index (χ2n) is 6.02. The predicted molar refractivity (Wildman–Crippen MR) is 93.0 cm³/mol. The van der Waals surface area contributed by atoms with Crippen LogP contribution in [0.1, 0.15) is 11.7 Å². The number of tetrazole rings is 1. The van der Waals surface area contributed by atoms with Gasteiger partial charge in [-0.05, 0) is 47.2 Å². The summed E-state index contributed by atoms with van der Waals surface area (Å²) in [6.07, 6.45) is -3.59. The van der Waals surface area contributed by atoms with Gasteiger partial charge in [-0.3, -0.25) is 4.84 Å². The standard InChI is InChI=1S/C18H14F3N5O3/c1-26-23-17(22-25-26)12-4-6-13(7-5-12)27-16-10-15(29-24-16)11-2-8-14(9-3-11)28-18(19,20)21/h2-10,15,24H,1H3. The fraction of sp³-hybridized carbons (Fsp3) is 0.167. The van der Waals surface area contributed by atoms with E-state index in [1.807, 2.05) is 0 Å². The summed E-state index contributed by atoms with van der Waals surface area (Å²) in [6.45, 7) is 0. The lowest BCUT2D eigenvalue weighted by Gasteiger charge is -2.11. The fourth-order valence-corrected chi connectivity index (χ4v) is 2.60. The normalized spacial score (nSPS) is 16.3. The lowest BCUT2D eigenvalue weighted by atomic mass is 10.1. The highest BCUT2D eigenvalue weighted by Crippen LogP contribution is 2.29. The molecule has 29 heavy (non-hydrogen) atoms. The van der Waals surface area contributed by atoms with Gasteiger partial charge in [-0.15, -0.1) is 23.4 Å². The van der Waals surface area contributed by atoms with E-state index in [0.29, 0.717) is 23.0 Å². The minimum atomic E-state index is -4.73. The molecular weight excluding hydrogens is 391 g/mol. The molecule has 1 unspecified atom stereocenters. The summed E-state index contributed by atoms with van der Waals surface area (Å²) in [6, 6.07) is 12.5. The third kappa shape index (κ3) is 4.63. The van der Waals surface area contributed by atoms with Crippen LogP contribution in [0.15, 0.2) is 60.5 Å². The number of rotatable bonds is 5. The van der Waals surface area contributed by atoms with Gasteiger partial charge in [0.1, 0.15) is 17.6 Å². The van der Waals surface area contributed by atoms with Crippen molar-refractivity contribution in [2.24, 2.45) is 7.05 Å². The first-order chi connectivity index (χ1) is 13.9. The van der Waals surface area contributed by atoms with Crippen molar-refractivity contribution >= 4 is 0 Å². The van der Waals surface area contributed by atoms with Gasteiger partial charge in [0.2, 0.25) is 11.7 Å². The molecule has 1 aromatic heterocycles. The van der Waals surface area contributed by atoms with Crippen LogP contribution in [-0.2, 0) is 11.9 Å². The van der Waals surface area contributed by atoms with Gasteiger partial charge in [0.15, 0.2) is 0 Å². The second-order valence-corrected chi connectivity index (χ2v) is 6.02. The first-order valence-corrected chi connectivity index (χ1v) is 8.37. The number of halogens is 3. The van der Waals surface area contributed by atoms with E-state index in [2.05, 4.69) is 25.6 Å². The van der Waals surface area contributed by atoms with Crippen molar-refractivity contribution in [2.45, 2.75) is 12.5 Å². The van der Waals surface area contributed by atoms with Gasteiger partial charge < -0.3 is 9.47 Å². The van der Waals surface area contributed by atoms with Gasteiger partial charge in [0.25, 0.3) is 0 Å². The van der Waals surface area contributed by atoms with Crippen molar-refractivity contribution in [3.05, 3.63) is 66.1 Å². The molecule has 2 heterocycles. The number of ether oxygens (including phenoxy) is 2. The van der Waals surface area contributed by atoms with Crippen molar-refractivity contribution < 1.29 is 27.5 Å². The Morgan fingerprint density at radius 3 is 2.34 bits per heavy atom. The van der Waals surface area contributed by atoms with Crippen molar-refractivity contribution in [3.63, 3.8) is 0 Å². The van der Waals surface area contributed by atoms with E-state index in [1.54, 1.807) is 37.4 Å². The number of hydrogen-bond donors (Lipinski definition) is 1. The van der Waals surface area contributed by atoms with E-state index in [4.69, 9.17) is 9.57 Å².